The van der Waals surface area contributed by atoms with E-state index in [1.54, 1.807) is 12.1 Å². The lowest BCUT2D eigenvalue weighted by atomic mass is 9.99. The molecule has 0 radical (unpaired) electrons. The Hall–Kier alpha value is -3.21. The summed E-state index contributed by atoms with van der Waals surface area (Å²) in [6, 6.07) is 14.3. The Bertz CT molecular complexity index is 1340. The molecule has 1 amide bonds. The van der Waals surface area contributed by atoms with Crippen molar-refractivity contribution in [1.82, 2.24) is 9.88 Å². The minimum atomic E-state index is -3.54. The number of hydrogen-bond acceptors (Lipinski definition) is 8. The maximum atomic E-state index is 11.7. The van der Waals surface area contributed by atoms with E-state index in [9.17, 15) is 9.90 Å². The van der Waals surface area contributed by atoms with Crippen LogP contribution < -0.4 is 10.2 Å². The van der Waals surface area contributed by atoms with Crippen molar-refractivity contribution in [3.8, 4) is 28.1 Å². The van der Waals surface area contributed by atoms with Crippen LogP contribution in [0.5, 0.6) is 5.75 Å². The van der Waals surface area contributed by atoms with E-state index < -0.39 is 11.9 Å². The molecule has 2 heterocycles. The van der Waals surface area contributed by atoms with Gasteiger partial charge in [0.05, 0.1) is 10.7 Å². The Kier molecular flexibility index (Phi) is 7.69. The number of nitrogens with one attached hydrogen (secondary N) is 1. The number of amides is 1. The van der Waals surface area contributed by atoms with Gasteiger partial charge in [0.25, 0.3) is 0 Å². The molecule has 0 unspecified atom stereocenters. The van der Waals surface area contributed by atoms with Crippen LogP contribution in [-0.2, 0) is 4.79 Å². The van der Waals surface area contributed by atoms with Crippen molar-refractivity contribution in [3.05, 3.63) is 59.2 Å². The van der Waals surface area contributed by atoms with E-state index in [1.807, 2.05) is 25.1 Å². The number of hydrogen-bond donors (Lipinski definition) is 5. The fourth-order valence-electron chi connectivity index (χ4n) is 4.56. The molecule has 3 aromatic rings. The minimum Gasteiger partial charge on any atom is -0.505 e. The highest BCUT2D eigenvalue weighted by atomic mass is 35.5. The summed E-state index contributed by atoms with van der Waals surface area (Å²) >= 11 is 6.30. The second kappa shape index (κ2) is 10.5. The van der Waals surface area contributed by atoms with E-state index in [0.29, 0.717) is 22.5 Å². The predicted octanol–water partition coefficient (Wildman–Crippen LogP) is 3.57. The van der Waals surface area contributed by atoms with Gasteiger partial charge in [-0.3, -0.25) is 9.69 Å². The topological polar surface area (TPSA) is 129 Å². The van der Waals surface area contributed by atoms with Crippen molar-refractivity contribution in [3.63, 3.8) is 0 Å². The number of aromatic nitrogens is 1. The highest BCUT2D eigenvalue weighted by molar-refractivity contribution is 6.34. The van der Waals surface area contributed by atoms with Crippen LogP contribution in [0.1, 0.15) is 26.5 Å². The number of nitrogens with zero attached hydrogens (tertiary/aromatic N) is 3. The fraction of sp³-hybridized carbons (Fsp3) is 0.357. The number of rotatable bonds is 5. The zero-order valence-electron chi connectivity index (χ0n) is 21.9. The fourth-order valence-corrected chi connectivity index (χ4v) is 4.79. The van der Waals surface area contributed by atoms with Crippen LogP contribution in [0.25, 0.3) is 22.4 Å². The second-order valence-corrected chi connectivity index (χ2v) is 10.9. The number of anilines is 2. The number of carbonyl (C=O) groups is 1. The van der Waals surface area contributed by atoms with Gasteiger partial charge in [0.15, 0.2) is 0 Å². The van der Waals surface area contributed by atoms with Crippen LogP contribution in [0, 0.1) is 6.92 Å². The lowest BCUT2D eigenvalue weighted by Crippen LogP contribution is -2.53. The average molecular weight is 541 g/mol. The van der Waals surface area contributed by atoms with Gasteiger partial charge in [0.2, 0.25) is 0 Å². The molecule has 1 saturated heterocycles. The third kappa shape index (κ3) is 6.09. The lowest BCUT2D eigenvalue weighted by molar-refractivity contribution is -0.284. The van der Waals surface area contributed by atoms with Gasteiger partial charge in [-0.2, -0.15) is 0 Å². The Balaban J connectivity index is 1.62. The molecule has 202 valence electrons. The van der Waals surface area contributed by atoms with Crippen LogP contribution >= 0.6 is 11.6 Å². The van der Waals surface area contributed by atoms with Crippen LogP contribution in [0.4, 0.5) is 11.4 Å². The molecule has 0 bridgehead atoms. The molecule has 0 saturated carbocycles. The molecule has 0 aliphatic carbocycles. The summed E-state index contributed by atoms with van der Waals surface area (Å²) in [6.45, 7) is 12.3. The highest BCUT2D eigenvalue weighted by Crippen LogP contribution is 2.40. The van der Waals surface area contributed by atoms with Crippen LogP contribution in [0.2, 0.25) is 5.02 Å². The number of piperazine rings is 1. The van der Waals surface area contributed by atoms with Gasteiger partial charge in [-0.15, -0.1) is 0 Å². The molecule has 1 aromatic heterocycles. The van der Waals surface area contributed by atoms with E-state index in [2.05, 4.69) is 46.9 Å². The van der Waals surface area contributed by atoms with Crippen molar-refractivity contribution in [2.45, 2.75) is 39.2 Å². The number of aryl methyl sites for hydroxylation is 1. The van der Waals surface area contributed by atoms with Crippen molar-refractivity contribution in [1.29, 1.82) is 0 Å². The minimum absolute atomic E-state index is 0.0155. The summed E-state index contributed by atoms with van der Waals surface area (Å²) in [5, 5.41) is 40.6. The second-order valence-electron chi connectivity index (χ2n) is 10.5. The zero-order chi connectivity index (χ0) is 27.8. The first kappa shape index (κ1) is 27.8. The van der Waals surface area contributed by atoms with Crippen LogP contribution in [0.3, 0.4) is 0 Å². The van der Waals surface area contributed by atoms with E-state index >= 15 is 0 Å². The number of carbonyl (C=O) groups excluding carboxylic acids is 1. The third-order valence-electron chi connectivity index (χ3n) is 6.67. The van der Waals surface area contributed by atoms with E-state index in [1.165, 1.54) is 12.1 Å². The summed E-state index contributed by atoms with van der Waals surface area (Å²) in [4.78, 5) is 21.1. The van der Waals surface area contributed by atoms with Gasteiger partial charge in [-0.05, 0) is 63.6 Å². The lowest BCUT2D eigenvalue weighted by Gasteiger charge is -2.43. The number of pyridine rings is 1. The highest BCUT2D eigenvalue weighted by Gasteiger charge is 2.31. The predicted molar refractivity (Wildman–Crippen MR) is 148 cm³/mol. The Morgan fingerprint density at radius 2 is 1.66 bits per heavy atom. The standard InChI is InChI=1S/C28H33ClN4O5/c1-17-14-21(18-8-9-23(22(29)16-18)31-26(35)28(36,37)38)25(34)24(30-17)19-6-5-7-20(15-19)32-10-12-33(13-11-32)27(2,3)4/h5-9,14-16,34,36-38H,10-13H2,1-4H3,(H,31,35). The molecule has 38 heavy (non-hydrogen) atoms. The Morgan fingerprint density at radius 3 is 2.26 bits per heavy atom. The summed E-state index contributed by atoms with van der Waals surface area (Å²) < 4.78 is 0. The number of benzene rings is 2. The molecule has 0 atom stereocenters. The first-order chi connectivity index (χ1) is 17.7. The molecule has 10 heteroatoms. The van der Waals surface area contributed by atoms with Crippen molar-refractivity contribution in [2.75, 3.05) is 36.4 Å². The average Bonchev–Trinajstić information content (AvgIpc) is 2.85. The summed E-state index contributed by atoms with van der Waals surface area (Å²) in [5.41, 5.74) is 4.24. The number of halogens is 1. The van der Waals surface area contributed by atoms with Crippen LogP contribution in [-0.4, -0.2) is 73.9 Å². The first-order valence-electron chi connectivity index (χ1n) is 12.3. The zero-order valence-corrected chi connectivity index (χ0v) is 22.6. The molecular weight excluding hydrogens is 508 g/mol. The monoisotopic (exact) mass is 540 g/mol. The Morgan fingerprint density at radius 1 is 0.974 bits per heavy atom. The molecule has 5 N–H and O–H groups in total. The van der Waals surface area contributed by atoms with Crippen molar-refractivity contribution >= 4 is 28.9 Å². The number of aromatic hydroxyl groups is 1. The molecule has 4 rings (SSSR count). The van der Waals surface area contributed by atoms with Gasteiger partial charge in [0, 0.05) is 54.2 Å². The summed E-state index contributed by atoms with van der Waals surface area (Å²) in [5.74, 6) is -5.00. The first-order valence-corrected chi connectivity index (χ1v) is 12.7. The molecule has 0 spiro atoms. The maximum absolute atomic E-state index is 11.7. The normalized spacial score (nSPS) is 15.0. The smallest absolute Gasteiger partial charge is 0.360 e. The summed E-state index contributed by atoms with van der Waals surface area (Å²) in [6.07, 6.45) is 0. The van der Waals surface area contributed by atoms with Gasteiger partial charge in [-0.1, -0.05) is 29.8 Å². The van der Waals surface area contributed by atoms with Gasteiger partial charge in [0.1, 0.15) is 11.4 Å². The van der Waals surface area contributed by atoms with Gasteiger partial charge < -0.3 is 30.6 Å². The van der Waals surface area contributed by atoms with E-state index in [0.717, 1.165) is 37.4 Å². The van der Waals surface area contributed by atoms with Crippen LogP contribution in [0.15, 0.2) is 48.5 Å². The summed E-state index contributed by atoms with van der Waals surface area (Å²) in [7, 11) is 0. The molecule has 1 fully saturated rings. The molecule has 2 aromatic carbocycles. The van der Waals surface area contributed by atoms with E-state index in [-0.39, 0.29) is 22.0 Å². The third-order valence-corrected chi connectivity index (χ3v) is 6.98. The quantitative estimate of drug-likeness (QED) is 0.311. The van der Waals surface area contributed by atoms with Gasteiger partial charge >= 0.3 is 11.9 Å². The molecule has 1 aliphatic rings. The molecule has 1 aliphatic heterocycles. The molecular formula is C28H33ClN4O5. The largest absolute Gasteiger partial charge is 0.505 e. The van der Waals surface area contributed by atoms with Crippen molar-refractivity contribution in [2.24, 2.45) is 0 Å². The Labute approximate surface area is 226 Å². The van der Waals surface area contributed by atoms with E-state index in [4.69, 9.17) is 26.9 Å². The molecule has 9 nitrogen and oxygen atoms in total. The maximum Gasteiger partial charge on any atom is 0.360 e. The SMILES string of the molecule is Cc1cc(-c2ccc(NC(=O)C(O)(O)O)c(Cl)c2)c(O)c(-c2cccc(N3CCN(C(C)(C)C)CC3)c2)n1. The van der Waals surface area contributed by atoms with Gasteiger partial charge in [-0.25, -0.2) is 4.98 Å². The van der Waals surface area contributed by atoms with Crippen molar-refractivity contribution < 1.29 is 25.2 Å². The number of aliphatic hydroxyl groups is 3.